The van der Waals surface area contributed by atoms with Gasteiger partial charge in [0.1, 0.15) is 6.10 Å². The van der Waals surface area contributed by atoms with E-state index in [9.17, 15) is 0 Å². The molecule has 0 spiro atoms. The summed E-state index contributed by atoms with van der Waals surface area (Å²) in [5.74, 6) is 0.702. The maximum Gasteiger partial charge on any atom is 0.158 e. The zero-order chi connectivity index (χ0) is 11.3. The van der Waals surface area contributed by atoms with Crippen molar-refractivity contribution in [2.45, 2.75) is 32.1 Å². The largest absolute Gasteiger partial charge is 0.369 e. The number of nitrogens with two attached hydrogens (primary N) is 1. The summed E-state index contributed by atoms with van der Waals surface area (Å²) in [5.41, 5.74) is 1.04. The Balaban J connectivity index is 2.83. The number of hydrogen-bond donors (Lipinski definition) is 1. The topological polar surface area (TPSA) is 61.0 Å². The molecule has 0 saturated heterocycles. The molecule has 1 rings (SSSR count). The van der Waals surface area contributed by atoms with Crippen LogP contribution in [0.25, 0.3) is 0 Å². The molecule has 0 fully saturated rings. The smallest absolute Gasteiger partial charge is 0.158 e. The molecule has 1 aromatic rings. The van der Waals surface area contributed by atoms with Crippen molar-refractivity contribution < 1.29 is 4.74 Å². The van der Waals surface area contributed by atoms with Gasteiger partial charge in [-0.2, -0.15) is 0 Å². The van der Waals surface area contributed by atoms with Gasteiger partial charge in [-0.3, -0.25) is 5.14 Å². The Kier molecular flexibility index (Phi) is 5.01. The predicted molar refractivity (Wildman–Crippen MR) is 62.4 cm³/mol. The number of aromatic nitrogens is 2. The molecule has 2 atom stereocenters. The first kappa shape index (κ1) is 12.4. The number of hydrogen-bond acceptors (Lipinski definition) is 5. The molecule has 0 amide bonds. The first-order valence-corrected chi connectivity index (χ1v) is 5.89. The molecule has 0 aliphatic heterocycles. The summed E-state index contributed by atoms with van der Waals surface area (Å²) >= 11 is 1.27. The molecule has 0 bridgehead atoms. The van der Waals surface area contributed by atoms with E-state index in [1.54, 1.807) is 12.4 Å². The van der Waals surface area contributed by atoms with Crippen LogP contribution in [0.4, 0.5) is 0 Å². The third kappa shape index (κ3) is 3.44. The van der Waals surface area contributed by atoms with Crippen LogP contribution in [0.3, 0.4) is 0 Å². The molecule has 0 aliphatic rings. The Hall–Kier alpha value is -0.650. The van der Waals surface area contributed by atoms with Crippen molar-refractivity contribution in [2.75, 3.05) is 6.61 Å². The van der Waals surface area contributed by atoms with Crippen LogP contribution in [-0.4, -0.2) is 21.8 Å². The molecular formula is C10H17N3OS. The lowest BCUT2D eigenvalue weighted by molar-refractivity contribution is 0.0575. The maximum atomic E-state index is 5.59. The molecule has 15 heavy (non-hydrogen) atoms. The fourth-order valence-corrected chi connectivity index (χ4v) is 1.56. The van der Waals surface area contributed by atoms with Crippen LogP contribution in [0.2, 0.25) is 0 Å². The highest BCUT2D eigenvalue weighted by Crippen LogP contribution is 2.24. The first-order chi connectivity index (χ1) is 7.19. The lowest BCUT2D eigenvalue weighted by Gasteiger charge is -2.20. The van der Waals surface area contributed by atoms with E-state index in [0.29, 0.717) is 12.4 Å². The molecule has 0 radical (unpaired) electrons. The highest BCUT2D eigenvalue weighted by atomic mass is 32.2. The van der Waals surface area contributed by atoms with Crippen LogP contribution < -0.4 is 5.14 Å². The zero-order valence-corrected chi connectivity index (χ0v) is 10.1. The third-order valence-electron chi connectivity index (χ3n) is 2.04. The summed E-state index contributed by atoms with van der Waals surface area (Å²) in [5, 5.41) is 5.70. The lowest BCUT2D eigenvalue weighted by Crippen LogP contribution is -2.19. The van der Waals surface area contributed by atoms with E-state index in [1.165, 1.54) is 11.9 Å². The molecule has 4 nitrogen and oxygen atoms in total. The Morgan fingerprint density at radius 3 is 2.53 bits per heavy atom. The Labute approximate surface area is 94.8 Å². The van der Waals surface area contributed by atoms with Gasteiger partial charge in [0, 0.05) is 24.3 Å². The molecule has 0 saturated carbocycles. The van der Waals surface area contributed by atoms with Crippen LogP contribution in [-0.2, 0) is 4.74 Å². The van der Waals surface area contributed by atoms with Gasteiger partial charge in [0.15, 0.2) is 5.82 Å². The average Bonchev–Trinajstić information content (AvgIpc) is 2.26. The van der Waals surface area contributed by atoms with Crippen LogP contribution in [0.15, 0.2) is 12.4 Å². The van der Waals surface area contributed by atoms with Crippen molar-refractivity contribution in [1.29, 1.82) is 0 Å². The van der Waals surface area contributed by atoms with Crippen LogP contribution in [0, 0.1) is 6.92 Å². The number of aryl methyl sites for hydroxylation is 1. The molecule has 0 aromatic carbocycles. The quantitative estimate of drug-likeness (QED) is 0.778. The summed E-state index contributed by atoms with van der Waals surface area (Å²) in [4.78, 5) is 8.52. The van der Waals surface area contributed by atoms with Crippen LogP contribution >= 0.6 is 11.9 Å². The molecule has 2 N–H and O–H groups in total. The van der Waals surface area contributed by atoms with Crippen molar-refractivity contribution in [2.24, 2.45) is 5.14 Å². The fraction of sp³-hybridized carbons (Fsp3) is 0.600. The number of rotatable bonds is 5. The van der Waals surface area contributed by atoms with Gasteiger partial charge in [-0.1, -0.05) is 11.9 Å². The normalized spacial score (nSPS) is 14.9. The minimum absolute atomic E-state index is 0.134. The van der Waals surface area contributed by atoms with Gasteiger partial charge in [0.25, 0.3) is 0 Å². The molecular weight excluding hydrogens is 210 g/mol. The zero-order valence-electron chi connectivity index (χ0n) is 9.30. The predicted octanol–water partition coefficient (Wildman–Crippen LogP) is 1.86. The van der Waals surface area contributed by atoms with E-state index in [1.807, 2.05) is 20.8 Å². The number of nitrogens with zero attached hydrogens (tertiary/aromatic N) is 2. The summed E-state index contributed by atoms with van der Waals surface area (Å²) in [7, 11) is 0. The van der Waals surface area contributed by atoms with Gasteiger partial charge < -0.3 is 4.74 Å². The number of ether oxygens (including phenoxy) is 1. The maximum absolute atomic E-state index is 5.59. The summed E-state index contributed by atoms with van der Waals surface area (Å²) in [6.07, 6.45) is 3.45. The van der Waals surface area contributed by atoms with Crippen molar-refractivity contribution in [1.82, 2.24) is 9.97 Å². The Bertz CT molecular complexity index is 291. The minimum atomic E-state index is -0.134. The van der Waals surface area contributed by atoms with Crippen molar-refractivity contribution >= 4 is 11.9 Å². The van der Waals surface area contributed by atoms with Gasteiger partial charge in [0.05, 0.1) is 0 Å². The molecule has 1 heterocycles. The van der Waals surface area contributed by atoms with E-state index >= 15 is 0 Å². The molecule has 84 valence electrons. The summed E-state index contributed by atoms with van der Waals surface area (Å²) in [6.45, 7) is 6.55. The summed E-state index contributed by atoms with van der Waals surface area (Å²) in [6, 6.07) is 0. The van der Waals surface area contributed by atoms with Crippen molar-refractivity contribution in [3.63, 3.8) is 0 Å². The van der Waals surface area contributed by atoms with E-state index < -0.39 is 0 Å². The third-order valence-corrected chi connectivity index (χ3v) is 2.72. The van der Waals surface area contributed by atoms with Gasteiger partial charge in [0.2, 0.25) is 0 Å². The SMILES string of the molecule is CCOC(c1ncc(C)cn1)[C@@H](C)SN. The molecule has 5 heteroatoms. The van der Waals surface area contributed by atoms with Crippen molar-refractivity contribution in [3.05, 3.63) is 23.8 Å². The second-order valence-electron chi connectivity index (χ2n) is 3.34. The van der Waals surface area contributed by atoms with E-state index in [-0.39, 0.29) is 11.4 Å². The Morgan fingerprint density at radius 1 is 1.47 bits per heavy atom. The van der Waals surface area contributed by atoms with Crippen LogP contribution in [0.1, 0.15) is 31.3 Å². The second kappa shape index (κ2) is 6.05. The summed E-state index contributed by atoms with van der Waals surface area (Å²) < 4.78 is 5.59. The first-order valence-electron chi connectivity index (χ1n) is 4.94. The highest BCUT2D eigenvalue weighted by Gasteiger charge is 2.21. The van der Waals surface area contributed by atoms with Gasteiger partial charge in [-0.15, -0.1) is 0 Å². The Morgan fingerprint density at radius 2 is 2.07 bits per heavy atom. The van der Waals surface area contributed by atoms with E-state index in [0.717, 1.165) is 5.56 Å². The monoisotopic (exact) mass is 227 g/mol. The standard InChI is InChI=1S/C10H17N3OS/c1-4-14-9(8(3)15-11)10-12-5-7(2)6-13-10/h5-6,8-9H,4,11H2,1-3H3/t8-,9?/m1/s1. The van der Waals surface area contributed by atoms with Gasteiger partial charge in [-0.25, -0.2) is 9.97 Å². The van der Waals surface area contributed by atoms with Gasteiger partial charge in [-0.05, 0) is 26.3 Å². The van der Waals surface area contributed by atoms with Gasteiger partial charge >= 0.3 is 0 Å². The van der Waals surface area contributed by atoms with Crippen molar-refractivity contribution in [3.8, 4) is 0 Å². The van der Waals surface area contributed by atoms with Crippen LogP contribution in [0.5, 0.6) is 0 Å². The molecule has 1 unspecified atom stereocenters. The fourth-order valence-electron chi connectivity index (χ4n) is 1.22. The molecule has 0 aliphatic carbocycles. The highest BCUT2D eigenvalue weighted by molar-refractivity contribution is 7.97. The van der Waals surface area contributed by atoms with E-state index in [2.05, 4.69) is 9.97 Å². The second-order valence-corrected chi connectivity index (χ2v) is 4.35. The minimum Gasteiger partial charge on any atom is -0.369 e. The van der Waals surface area contributed by atoms with E-state index in [4.69, 9.17) is 9.88 Å². The average molecular weight is 227 g/mol. The lowest BCUT2D eigenvalue weighted by atomic mass is 10.2. The molecule has 1 aromatic heterocycles.